The Kier molecular flexibility index (Phi) is 5.38. The number of urea groups is 1. The van der Waals surface area contributed by atoms with Crippen LogP contribution in [0.5, 0.6) is 0 Å². The number of amides is 2. The highest BCUT2D eigenvalue weighted by atomic mass is 16.5. The third-order valence-corrected chi connectivity index (χ3v) is 3.44. The van der Waals surface area contributed by atoms with Crippen molar-refractivity contribution in [3.8, 4) is 0 Å². The molecule has 1 unspecified atom stereocenters. The van der Waals surface area contributed by atoms with Gasteiger partial charge in [0.05, 0.1) is 19.3 Å². The van der Waals surface area contributed by atoms with E-state index < -0.39 is 0 Å². The summed E-state index contributed by atoms with van der Waals surface area (Å²) in [5, 5.41) is 2.96. The molecule has 0 aromatic heterocycles. The van der Waals surface area contributed by atoms with Crippen LogP contribution >= 0.6 is 0 Å². The summed E-state index contributed by atoms with van der Waals surface area (Å²) in [7, 11) is 1.65. The van der Waals surface area contributed by atoms with E-state index in [0.717, 1.165) is 17.7 Å². The lowest BCUT2D eigenvalue weighted by molar-refractivity contribution is -0.0134. The molecular weight excluding hydrogens is 256 g/mol. The normalized spacial score (nSPS) is 18.9. The van der Waals surface area contributed by atoms with Gasteiger partial charge in [-0.2, -0.15) is 0 Å². The van der Waals surface area contributed by atoms with Gasteiger partial charge >= 0.3 is 6.03 Å². The maximum atomic E-state index is 12.3. The molecule has 2 amide bonds. The van der Waals surface area contributed by atoms with Crippen LogP contribution in [0.1, 0.15) is 18.9 Å². The molecule has 1 N–H and O–H groups in total. The lowest BCUT2D eigenvalue weighted by Gasteiger charge is -2.32. The number of rotatable bonds is 4. The molecule has 5 nitrogen and oxygen atoms in total. The molecule has 0 aliphatic carbocycles. The zero-order valence-corrected chi connectivity index (χ0v) is 12.1. The maximum Gasteiger partial charge on any atom is 0.322 e. The van der Waals surface area contributed by atoms with Crippen LogP contribution in [-0.2, 0) is 16.1 Å². The minimum Gasteiger partial charge on any atom is -0.380 e. The first-order chi connectivity index (χ1) is 9.74. The van der Waals surface area contributed by atoms with Gasteiger partial charge in [0, 0.05) is 31.5 Å². The molecule has 0 bridgehead atoms. The Labute approximate surface area is 119 Å². The van der Waals surface area contributed by atoms with Crippen LogP contribution < -0.4 is 5.32 Å². The van der Waals surface area contributed by atoms with Gasteiger partial charge in [-0.3, -0.25) is 0 Å². The van der Waals surface area contributed by atoms with E-state index >= 15 is 0 Å². The second kappa shape index (κ2) is 7.26. The van der Waals surface area contributed by atoms with E-state index in [2.05, 4.69) is 12.2 Å². The van der Waals surface area contributed by atoms with Crippen LogP contribution in [0.3, 0.4) is 0 Å². The highest BCUT2D eigenvalue weighted by Crippen LogP contribution is 2.17. The molecule has 0 radical (unpaired) electrons. The number of hydrogen-bond acceptors (Lipinski definition) is 3. The number of carbonyl (C=O) groups is 1. The maximum absolute atomic E-state index is 12.3. The second-order valence-electron chi connectivity index (χ2n) is 4.87. The second-order valence-corrected chi connectivity index (χ2v) is 4.87. The van der Waals surface area contributed by atoms with Crippen LogP contribution in [0.25, 0.3) is 0 Å². The van der Waals surface area contributed by atoms with Gasteiger partial charge in [0.1, 0.15) is 0 Å². The average Bonchev–Trinajstić information content (AvgIpc) is 2.49. The van der Waals surface area contributed by atoms with Crippen molar-refractivity contribution in [1.29, 1.82) is 0 Å². The zero-order valence-electron chi connectivity index (χ0n) is 12.1. The predicted octanol–water partition coefficient (Wildman–Crippen LogP) is 2.48. The van der Waals surface area contributed by atoms with Crippen molar-refractivity contribution < 1.29 is 14.3 Å². The summed E-state index contributed by atoms with van der Waals surface area (Å²) in [5.41, 5.74) is 1.78. The van der Waals surface area contributed by atoms with Gasteiger partial charge in [0.15, 0.2) is 0 Å². The molecule has 5 heteroatoms. The Morgan fingerprint density at radius 1 is 1.50 bits per heavy atom. The third-order valence-electron chi connectivity index (χ3n) is 3.44. The third kappa shape index (κ3) is 3.71. The number of ether oxygens (including phenoxy) is 2. The van der Waals surface area contributed by atoms with Gasteiger partial charge < -0.3 is 19.7 Å². The van der Waals surface area contributed by atoms with Gasteiger partial charge in [0.2, 0.25) is 0 Å². The molecule has 1 aliphatic heterocycles. The lowest BCUT2D eigenvalue weighted by atomic mass is 10.2. The summed E-state index contributed by atoms with van der Waals surface area (Å²) < 4.78 is 10.7. The fourth-order valence-electron chi connectivity index (χ4n) is 2.27. The molecule has 1 fully saturated rings. The van der Waals surface area contributed by atoms with Gasteiger partial charge in [-0.25, -0.2) is 4.79 Å². The highest BCUT2D eigenvalue weighted by molar-refractivity contribution is 5.90. The lowest BCUT2D eigenvalue weighted by Crippen LogP contribution is -2.47. The summed E-state index contributed by atoms with van der Waals surface area (Å²) in [6, 6.07) is 7.61. The summed E-state index contributed by atoms with van der Waals surface area (Å²) in [6.45, 7) is 4.44. The molecule has 1 heterocycles. The number of carbonyl (C=O) groups excluding carboxylic acids is 1. The molecular formula is C15H22N2O3. The first-order valence-electron chi connectivity index (χ1n) is 6.99. The molecule has 2 rings (SSSR count). The molecule has 1 aromatic rings. The van der Waals surface area contributed by atoms with Crippen molar-refractivity contribution in [3.05, 3.63) is 29.8 Å². The van der Waals surface area contributed by atoms with Crippen LogP contribution in [0.4, 0.5) is 10.5 Å². The molecule has 1 aromatic carbocycles. The summed E-state index contributed by atoms with van der Waals surface area (Å²) in [4.78, 5) is 14.1. The number of methoxy groups -OCH3 is 1. The number of anilines is 1. The van der Waals surface area contributed by atoms with Crippen molar-refractivity contribution >= 4 is 11.7 Å². The largest absolute Gasteiger partial charge is 0.380 e. The first-order valence-corrected chi connectivity index (χ1v) is 6.99. The quantitative estimate of drug-likeness (QED) is 0.920. The molecule has 110 valence electrons. The smallest absolute Gasteiger partial charge is 0.322 e. The molecule has 1 atom stereocenters. The SMILES string of the molecule is CCC1CN(C(=O)Nc2ccccc2COC)CCO1. The fourth-order valence-corrected chi connectivity index (χ4v) is 2.27. The minimum absolute atomic E-state index is 0.0738. The van der Waals surface area contributed by atoms with Crippen molar-refractivity contribution in [2.45, 2.75) is 26.1 Å². The fraction of sp³-hybridized carbons (Fsp3) is 0.533. The van der Waals surface area contributed by atoms with Crippen LogP contribution in [0.15, 0.2) is 24.3 Å². The molecule has 20 heavy (non-hydrogen) atoms. The van der Waals surface area contributed by atoms with Gasteiger partial charge in [-0.15, -0.1) is 0 Å². The average molecular weight is 278 g/mol. The molecule has 1 aliphatic rings. The van der Waals surface area contributed by atoms with Gasteiger partial charge in [-0.05, 0) is 12.5 Å². The van der Waals surface area contributed by atoms with Crippen molar-refractivity contribution in [2.75, 3.05) is 32.1 Å². The van der Waals surface area contributed by atoms with E-state index in [1.807, 2.05) is 24.3 Å². The van der Waals surface area contributed by atoms with E-state index in [0.29, 0.717) is 26.3 Å². The van der Waals surface area contributed by atoms with E-state index in [9.17, 15) is 4.79 Å². The van der Waals surface area contributed by atoms with Crippen LogP contribution in [0, 0.1) is 0 Å². The number of nitrogens with zero attached hydrogens (tertiary/aromatic N) is 1. The topological polar surface area (TPSA) is 50.8 Å². The number of benzene rings is 1. The Hall–Kier alpha value is -1.59. The first kappa shape index (κ1) is 14.8. The van der Waals surface area contributed by atoms with Crippen molar-refractivity contribution in [1.82, 2.24) is 4.90 Å². The zero-order chi connectivity index (χ0) is 14.4. The number of morpholine rings is 1. The van der Waals surface area contributed by atoms with Crippen LogP contribution in [0.2, 0.25) is 0 Å². The van der Waals surface area contributed by atoms with E-state index in [4.69, 9.17) is 9.47 Å². The minimum atomic E-state index is -0.0738. The Balaban J connectivity index is 2.00. The molecule has 1 saturated heterocycles. The number of hydrogen-bond donors (Lipinski definition) is 1. The van der Waals surface area contributed by atoms with E-state index in [1.54, 1.807) is 12.0 Å². The summed E-state index contributed by atoms with van der Waals surface area (Å²) in [5.74, 6) is 0. The monoisotopic (exact) mass is 278 g/mol. The van der Waals surface area contributed by atoms with Crippen molar-refractivity contribution in [3.63, 3.8) is 0 Å². The van der Waals surface area contributed by atoms with E-state index in [-0.39, 0.29) is 12.1 Å². The van der Waals surface area contributed by atoms with E-state index in [1.165, 1.54) is 0 Å². The standard InChI is InChI=1S/C15H22N2O3/c1-3-13-10-17(8-9-20-13)15(18)16-14-7-5-4-6-12(14)11-19-2/h4-7,13H,3,8-11H2,1-2H3,(H,16,18). The van der Waals surface area contributed by atoms with Crippen LogP contribution in [-0.4, -0.2) is 43.8 Å². The summed E-state index contributed by atoms with van der Waals surface area (Å²) in [6.07, 6.45) is 1.06. The molecule has 0 saturated carbocycles. The highest BCUT2D eigenvalue weighted by Gasteiger charge is 2.23. The Morgan fingerprint density at radius 2 is 2.30 bits per heavy atom. The van der Waals surface area contributed by atoms with Gasteiger partial charge in [-0.1, -0.05) is 25.1 Å². The Morgan fingerprint density at radius 3 is 3.05 bits per heavy atom. The molecule has 0 spiro atoms. The van der Waals surface area contributed by atoms with Gasteiger partial charge in [0.25, 0.3) is 0 Å². The number of para-hydroxylation sites is 1. The Bertz CT molecular complexity index is 450. The van der Waals surface area contributed by atoms with Crippen molar-refractivity contribution in [2.24, 2.45) is 0 Å². The number of nitrogens with one attached hydrogen (secondary N) is 1. The summed E-state index contributed by atoms with van der Waals surface area (Å²) >= 11 is 0. The predicted molar refractivity (Wildman–Crippen MR) is 77.8 cm³/mol.